The molecule has 0 saturated carbocycles. The minimum Gasteiger partial charge on any atom is -0.333 e. The van der Waals surface area contributed by atoms with Crippen LogP contribution in [0.15, 0.2) is 23.1 Å². The lowest BCUT2D eigenvalue weighted by Gasteiger charge is -2.39. The fourth-order valence-electron chi connectivity index (χ4n) is 3.39. The lowest BCUT2D eigenvalue weighted by Crippen LogP contribution is -2.55. The summed E-state index contributed by atoms with van der Waals surface area (Å²) in [5, 5.41) is 11.8. The van der Waals surface area contributed by atoms with Crippen molar-refractivity contribution >= 4 is 11.8 Å². The van der Waals surface area contributed by atoms with Gasteiger partial charge in [-0.1, -0.05) is 0 Å². The summed E-state index contributed by atoms with van der Waals surface area (Å²) in [6.07, 6.45) is 1.39. The van der Waals surface area contributed by atoms with Crippen molar-refractivity contribution < 1.29 is 9.59 Å². The van der Waals surface area contributed by atoms with Crippen LogP contribution >= 0.6 is 0 Å². The Hall–Kier alpha value is -3.41. The first-order chi connectivity index (χ1) is 13.3. The van der Waals surface area contributed by atoms with Crippen LogP contribution in [-0.2, 0) is 6.54 Å². The number of carbonyl (C=O) groups excluding carboxylic acids is 2. The molecule has 9 heteroatoms. The number of amides is 2. The van der Waals surface area contributed by atoms with Crippen LogP contribution in [0.5, 0.6) is 0 Å². The van der Waals surface area contributed by atoms with Gasteiger partial charge in [-0.15, -0.1) is 0 Å². The predicted molar refractivity (Wildman–Crippen MR) is 101 cm³/mol. The Morgan fingerprint density at radius 2 is 2.07 bits per heavy atom. The van der Waals surface area contributed by atoms with Gasteiger partial charge in [0.2, 0.25) is 0 Å². The van der Waals surface area contributed by atoms with E-state index in [1.54, 1.807) is 22.8 Å². The normalized spacial score (nSPS) is 16.7. The number of nitriles is 1. The van der Waals surface area contributed by atoms with E-state index in [1.807, 2.05) is 19.9 Å². The molecule has 0 bridgehead atoms. The first-order valence-corrected chi connectivity index (χ1v) is 9.12. The molecule has 146 valence electrons. The SMILES string of the molecule is CCn1[nH]c(C(=O)N2CCN(C(=O)c3ncc(C#N)cc3C)C[C@H]2C)cc1=O. The topological polar surface area (TPSA) is 115 Å². The molecule has 0 unspecified atom stereocenters. The number of nitrogens with zero attached hydrogens (tertiary/aromatic N) is 5. The lowest BCUT2D eigenvalue weighted by atomic mass is 10.1. The molecule has 2 aromatic rings. The van der Waals surface area contributed by atoms with Crippen LogP contribution in [-0.4, -0.2) is 62.1 Å². The number of aromatic amines is 1. The number of aromatic nitrogens is 3. The molecule has 9 nitrogen and oxygen atoms in total. The second-order valence-electron chi connectivity index (χ2n) is 6.85. The zero-order valence-electron chi connectivity index (χ0n) is 16.1. The molecule has 0 spiro atoms. The van der Waals surface area contributed by atoms with E-state index in [0.717, 1.165) is 0 Å². The molecule has 3 rings (SSSR count). The van der Waals surface area contributed by atoms with E-state index in [4.69, 9.17) is 5.26 Å². The van der Waals surface area contributed by atoms with Crippen molar-refractivity contribution in [1.82, 2.24) is 24.6 Å². The van der Waals surface area contributed by atoms with Crippen molar-refractivity contribution in [3.05, 3.63) is 51.2 Å². The highest BCUT2D eigenvalue weighted by Crippen LogP contribution is 2.16. The summed E-state index contributed by atoms with van der Waals surface area (Å²) in [5.41, 5.74) is 1.38. The number of pyridine rings is 1. The fourth-order valence-corrected chi connectivity index (χ4v) is 3.39. The fraction of sp³-hybridized carbons (Fsp3) is 0.421. The van der Waals surface area contributed by atoms with Gasteiger partial charge in [-0.3, -0.25) is 24.2 Å². The lowest BCUT2D eigenvalue weighted by molar-refractivity contribution is 0.0407. The van der Waals surface area contributed by atoms with Gasteiger partial charge in [0.05, 0.1) is 5.56 Å². The van der Waals surface area contributed by atoms with Crippen LogP contribution in [0, 0.1) is 18.3 Å². The largest absolute Gasteiger partial charge is 0.333 e. The number of carbonyl (C=O) groups is 2. The van der Waals surface area contributed by atoms with Gasteiger partial charge in [0.1, 0.15) is 17.5 Å². The van der Waals surface area contributed by atoms with E-state index in [1.165, 1.54) is 16.9 Å². The van der Waals surface area contributed by atoms with Crippen LogP contribution in [0.2, 0.25) is 0 Å². The predicted octanol–water partition coefficient (Wildman–Crippen LogP) is 0.758. The molecule has 1 atom stereocenters. The van der Waals surface area contributed by atoms with E-state index in [-0.39, 0.29) is 29.1 Å². The van der Waals surface area contributed by atoms with E-state index in [9.17, 15) is 14.4 Å². The van der Waals surface area contributed by atoms with Crippen LogP contribution in [0.1, 0.15) is 46.0 Å². The zero-order chi connectivity index (χ0) is 20.4. The molecule has 3 heterocycles. The summed E-state index contributed by atoms with van der Waals surface area (Å²) in [6.45, 7) is 6.99. The summed E-state index contributed by atoms with van der Waals surface area (Å²) in [7, 11) is 0. The quantitative estimate of drug-likeness (QED) is 0.841. The van der Waals surface area contributed by atoms with E-state index >= 15 is 0 Å². The molecule has 0 aromatic carbocycles. The highest BCUT2D eigenvalue weighted by molar-refractivity contribution is 5.95. The van der Waals surface area contributed by atoms with Crippen molar-refractivity contribution in [2.75, 3.05) is 19.6 Å². The average Bonchev–Trinajstić information content (AvgIpc) is 3.07. The van der Waals surface area contributed by atoms with Gasteiger partial charge in [-0.05, 0) is 32.4 Å². The molecule has 2 amide bonds. The molecule has 0 radical (unpaired) electrons. The van der Waals surface area contributed by atoms with Crippen LogP contribution in [0.25, 0.3) is 0 Å². The summed E-state index contributed by atoms with van der Waals surface area (Å²) < 4.78 is 1.37. The van der Waals surface area contributed by atoms with Crippen molar-refractivity contribution in [2.45, 2.75) is 33.4 Å². The second-order valence-corrected chi connectivity index (χ2v) is 6.85. The first kappa shape index (κ1) is 19.4. The Morgan fingerprint density at radius 1 is 1.32 bits per heavy atom. The van der Waals surface area contributed by atoms with E-state index < -0.39 is 0 Å². The molecule has 1 saturated heterocycles. The molecule has 0 aliphatic carbocycles. The maximum atomic E-state index is 12.8. The smallest absolute Gasteiger partial charge is 0.272 e. The van der Waals surface area contributed by atoms with Gasteiger partial charge in [0.15, 0.2) is 0 Å². The molecule has 1 aliphatic rings. The van der Waals surface area contributed by atoms with Crippen molar-refractivity contribution in [1.29, 1.82) is 5.26 Å². The minimum absolute atomic E-state index is 0.211. The van der Waals surface area contributed by atoms with Crippen molar-refractivity contribution in [3.63, 3.8) is 0 Å². The number of rotatable bonds is 3. The second kappa shape index (κ2) is 7.68. The van der Waals surface area contributed by atoms with Gasteiger partial charge >= 0.3 is 0 Å². The molecule has 2 aromatic heterocycles. The highest BCUT2D eigenvalue weighted by Gasteiger charge is 2.32. The summed E-state index contributed by atoms with van der Waals surface area (Å²) in [5.74, 6) is -0.469. The molecular formula is C19H22N6O3. The number of hydrogen-bond donors (Lipinski definition) is 1. The zero-order valence-corrected chi connectivity index (χ0v) is 16.1. The maximum absolute atomic E-state index is 12.8. The standard InChI is InChI=1S/C19H22N6O3/c1-4-25-16(26)8-15(22-25)18(27)24-6-5-23(11-13(24)3)19(28)17-12(2)7-14(9-20)10-21-17/h7-8,10,13,22H,4-6,11H2,1-3H3/t13-/m1/s1. The number of hydrogen-bond acceptors (Lipinski definition) is 5. The van der Waals surface area contributed by atoms with E-state index in [0.29, 0.717) is 43.0 Å². The van der Waals surface area contributed by atoms with Crippen LogP contribution < -0.4 is 5.56 Å². The molecule has 1 fully saturated rings. The van der Waals surface area contributed by atoms with Gasteiger partial charge in [0, 0.05) is 44.5 Å². The third kappa shape index (κ3) is 3.53. The Balaban J connectivity index is 1.72. The number of H-pyrrole nitrogens is 1. The van der Waals surface area contributed by atoms with Crippen molar-refractivity contribution in [2.24, 2.45) is 0 Å². The van der Waals surface area contributed by atoms with Gasteiger partial charge in [-0.2, -0.15) is 5.26 Å². The Labute approximate surface area is 162 Å². The Kier molecular flexibility index (Phi) is 5.31. The van der Waals surface area contributed by atoms with Crippen LogP contribution in [0.4, 0.5) is 0 Å². The third-order valence-corrected chi connectivity index (χ3v) is 4.92. The Bertz CT molecular complexity index is 1020. The molecule has 1 N–H and O–H groups in total. The minimum atomic E-state index is -0.253. The first-order valence-electron chi connectivity index (χ1n) is 9.12. The summed E-state index contributed by atoms with van der Waals surface area (Å²) >= 11 is 0. The van der Waals surface area contributed by atoms with Gasteiger partial charge in [-0.25, -0.2) is 4.98 Å². The average molecular weight is 382 g/mol. The number of piperazine rings is 1. The van der Waals surface area contributed by atoms with Gasteiger partial charge in [0.25, 0.3) is 17.4 Å². The highest BCUT2D eigenvalue weighted by atomic mass is 16.2. The molecular weight excluding hydrogens is 360 g/mol. The maximum Gasteiger partial charge on any atom is 0.272 e. The van der Waals surface area contributed by atoms with Crippen molar-refractivity contribution in [3.8, 4) is 6.07 Å². The van der Waals surface area contributed by atoms with E-state index in [2.05, 4.69) is 10.1 Å². The van der Waals surface area contributed by atoms with Gasteiger partial charge < -0.3 is 9.80 Å². The molecule has 28 heavy (non-hydrogen) atoms. The number of nitrogens with one attached hydrogen (secondary N) is 1. The number of aryl methyl sites for hydroxylation is 2. The Morgan fingerprint density at radius 3 is 2.64 bits per heavy atom. The third-order valence-electron chi connectivity index (χ3n) is 4.92. The van der Waals surface area contributed by atoms with Crippen LogP contribution in [0.3, 0.4) is 0 Å². The monoisotopic (exact) mass is 382 g/mol. The molecule has 1 aliphatic heterocycles. The summed E-state index contributed by atoms with van der Waals surface area (Å²) in [6, 6.07) is 4.74. The summed E-state index contributed by atoms with van der Waals surface area (Å²) in [4.78, 5) is 44.8.